The van der Waals surface area contributed by atoms with Crippen molar-refractivity contribution in [3.63, 3.8) is 0 Å². The first-order valence-corrected chi connectivity index (χ1v) is 7.69. The molecular formula is C18H12O12. The number of esters is 4. The average Bonchev–Trinajstić information content (AvgIpc) is 2.67. The monoisotopic (exact) mass is 420 g/mol. The van der Waals surface area contributed by atoms with E-state index in [9.17, 15) is 49.8 Å². The van der Waals surface area contributed by atoms with Gasteiger partial charge < -0.3 is 40.1 Å². The van der Waals surface area contributed by atoms with E-state index >= 15 is 0 Å². The molecule has 2 rings (SSSR count). The minimum absolute atomic E-state index is 0.430. The Labute approximate surface area is 166 Å². The number of phenols is 6. The highest BCUT2D eigenvalue weighted by Crippen LogP contribution is 2.36. The molecule has 156 valence electrons. The second kappa shape index (κ2) is 8.52. The molecule has 0 saturated heterocycles. The molecule has 0 aliphatic carbocycles. The van der Waals surface area contributed by atoms with Crippen LogP contribution in [-0.2, 0) is 19.1 Å². The summed E-state index contributed by atoms with van der Waals surface area (Å²) in [6, 6.07) is 2.85. The Balaban J connectivity index is 1.98. The first kappa shape index (κ1) is 21.6. The van der Waals surface area contributed by atoms with Crippen LogP contribution < -0.4 is 0 Å². The third-order valence-corrected chi connectivity index (χ3v) is 3.35. The van der Waals surface area contributed by atoms with Gasteiger partial charge in [0.1, 0.15) is 0 Å². The number of carbonyl (C=O) groups excluding carboxylic acids is 4. The second-order valence-electron chi connectivity index (χ2n) is 5.48. The zero-order chi connectivity index (χ0) is 22.6. The van der Waals surface area contributed by atoms with Gasteiger partial charge in [-0.3, -0.25) is 0 Å². The highest BCUT2D eigenvalue weighted by Gasteiger charge is 2.18. The van der Waals surface area contributed by atoms with E-state index < -0.39 is 69.5 Å². The molecule has 0 atom stereocenters. The zero-order valence-corrected chi connectivity index (χ0v) is 14.6. The van der Waals surface area contributed by atoms with E-state index in [0.29, 0.717) is 36.4 Å². The number of rotatable bonds is 4. The van der Waals surface area contributed by atoms with Gasteiger partial charge in [0, 0.05) is 12.2 Å². The predicted molar refractivity (Wildman–Crippen MR) is 92.9 cm³/mol. The van der Waals surface area contributed by atoms with Crippen LogP contribution in [0.3, 0.4) is 0 Å². The summed E-state index contributed by atoms with van der Waals surface area (Å²) in [5, 5.41) is 55.6. The van der Waals surface area contributed by atoms with Crippen molar-refractivity contribution >= 4 is 23.9 Å². The van der Waals surface area contributed by atoms with Gasteiger partial charge in [-0.1, -0.05) is 0 Å². The van der Waals surface area contributed by atoms with Crippen molar-refractivity contribution in [2.45, 2.75) is 0 Å². The fourth-order valence-corrected chi connectivity index (χ4v) is 1.95. The van der Waals surface area contributed by atoms with Gasteiger partial charge in [-0.15, -0.1) is 0 Å². The van der Waals surface area contributed by atoms with Gasteiger partial charge in [0.05, 0.1) is 11.1 Å². The third-order valence-electron chi connectivity index (χ3n) is 3.35. The minimum Gasteiger partial charge on any atom is -0.504 e. The summed E-state index contributed by atoms with van der Waals surface area (Å²) in [5.74, 6) is -10.6. The first-order chi connectivity index (χ1) is 14.0. The van der Waals surface area contributed by atoms with Gasteiger partial charge in [-0.2, -0.15) is 0 Å². The molecule has 0 fully saturated rings. The topological polar surface area (TPSA) is 208 Å². The Bertz CT molecular complexity index is 951. The van der Waals surface area contributed by atoms with Gasteiger partial charge in [0.25, 0.3) is 0 Å². The number of benzene rings is 2. The molecule has 0 heterocycles. The predicted octanol–water partition coefficient (Wildman–Crippen LogP) is 0.543. The van der Waals surface area contributed by atoms with Crippen LogP contribution >= 0.6 is 0 Å². The Kier molecular flexibility index (Phi) is 6.12. The van der Waals surface area contributed by atoms with Crippen LogP contribution in [0.5, 0.6) is 34.5 Å². The molecule has 0 radical (unpaired) electrons. The molecule has 0 saturated carbocycles. The van der Waals surface area contributed by atoms with Gasteiger partial charge >= 0.3 is 23.9 Å². The summed E-state index contributed by atoms with van der Waals surface area (Å²) < 4.78 is 8.63. The van der Waals surface area contributed by atoms with E-state index in [0.717, 1.165) is 0 Å². The van der Waals surface area contributed by atoms with Crippen LogP contribution in [0.1, 0.15) is 20.7 Å². The fraction of sp³-hybridized carbons (Fsp3) is 0. The maximum absolute atomic E-state index is 11.8. The summed E-state index contributed by atoms with van der Waals surface area (Å²) >= 11 is 0. The molecule has 0 aliphatic rings. The molecule has 0 unspecified atom stereocenters. The van der Waals surface area contributed by atoms with Gasteiger partial charge in [-0.05, 0) is 24.3 Å². The van der Waals surface area contributed by atoms with Crippen molar-refractivity contribution in [3.8, 4) is 34.5 Å². The smallest absolute Gasteiger partial charge is 0.346 e. The number of phenolic OH excluding ortho intramolecular Hbond substituents is 6. The maximum atomic E-state index is 11.8. The molecule has 6 N–H and O–H groups in total. The molecule has 0 bridgehead atoms. The summed E-state index contributed by atoms with van der Waals surface area (Å²) in [5.41, 5.74) is -0.983. The zero-order valence-electron chi connectivity index (χ0n) is 14.6. The van der Waals surface area contributed by atoms with Crippen LogP contribution in [0.25, 0.3) is 0 Å². The van der Waals surface area contributed by atoms with Gasteiger partial charge in [0.2, 0.25) is 0 Å². The number of aromatic hydroxyl groups is 6. The highest BCUT2D eigenvalue weighted by atomic mass is 16.6. The van der Waals surface area contributed by atoms with E-state index in [1.807, 2.05) is 0 Å². The summed E-state index contributed by atoms with van der Waals surface area (Å²) in [4.78, 5) is 46.6. The first-order valence-electron chi connectivity index (χ1n) is 7.69. The number of ether oxygens (including phenoxy) is 2. The lowest BCUT2D eigenvalue weighted by Crippen LogP contribution is -2.13. The van der Waals surface area contributed by atoms with Crippen molar-refractivity contribution in [1.82, 2.24) is 0 Å². The SMILES string of the molecule is O=C(/C=C\C(=O)OC(=O)c1cc(O)c(O)c(O)c1)OC(=O)c1cc(O)c(O)c(O)c1. The van der Waals surface area contributed by atoms with E-state index in [4.69, 9.17) is 0 Å². The Morgan fingerprint density at radius 1 is 0.567 bits per heavy atom. The molecule has 0 aliphatic heterocycles. The molecule has 0 amide bonds. The molecular weight excluding hydrogens is 408 g/mol. The maximum Gasteiger partial charge on any atom is 0.346 e. The van der Waals surface area contributed by atoms with Crippen LogP contribution in [0.15, 0.2) is 36.4 Å². The van der Waals surface area contributed by atoms with Gasteiger partial charge in [0.15, 0.2) is 34.5 Å². The Morgan fingerprint density at radius 2 is 0.833 bits per heavy atom. The largest absolute Gasteiger partial charge is 0.504 e. The number of hydrogen-bond donors (Lipinski definition) is 6. The van der Waals surface area contributed by atoms with Crippen LogP contribution in [0.4, 0.5) is 0 Å². The van der Waals surface area contributed by atoms with E-state index in [1.165, 1.54) is 0 Å². The van der Waals surface area contributed by atoms with Crippen LogP contribution in [0, 0.1) is 0 Å². The van der Waals surface area contributed by atoms with Crippen LogP contribution in [-0.4, -0.2) is 54.5 Å². The number of hydrogen-bond acceptors (Lipinski definition) is 12. The highest BCUT2D eigenvalue weighted by molar-refractivity contribution is 6.04. The normalized spacial score (nSPS) is 10.5. The van der Waals surface area contributed by atoms with Gasteiger partial charge in [-0.25, -0.2) is 19.2 Å². The molecule has 2 aromatic rings. The van der Waals surface area contributed by atoms with Crippen molar-refractivity contribution in [1.29, 1.82) is 0 Å². The lowest BCUT2D eigenvalue weighted by molar-refractivity contribution is -0.135. The summed E-state index contributed by atoms with van der Waals surface area (Å²) in [7, 11) is 0. The van der Waals surface area contributed by atoms with E-state index in [2.05, 4.69) is 9.47 Å². The fourth-order valence-electron chi connectivity index (χ4n) is 1.95. The third kappa shape index (κ3) is 4.95. The van der Waals surface area contributed by atoms with Crippen molar-refractivity contribution in [3.05, 3.63) is 47.5 Å². The van der Waals surface area contributed by atoms with Crippen molar-refractivity contribution < 1.29 is 59.3 Å². The number of carbonyl (C=O) groups is 4. The Morgan fingerprint density at radius 3 is 1.10 bits per heavy atom. The van der Waals surface area contributed by atoms with Crippen molar-refractivity contribution in [2.75, 3.05) is 0 Å². The second-order valence-corrected chi connectivity index (χ2v) is 5.48. The summed E-state index contributed by atoms with van der Waals surface area (Å²) in [6.45, 7) is 0. The Hall–Kier alpha value is -4.74. The quantitative estimate of drug-likeness (QED) is 0.173. The summed E-state index contributed by atoms with van der Waals surface area (Å²) in [6.07, 6.45) is 0.860. The molecule has 0 spiro atoms. The standard InChI is InChI=1S/C18H12O12/c19-9-3-7(4-10(20)15(9)25)17(27)29-13(23)1-2-14(24)30-18(28)8-5-11(21)16(26)12(22)6-8/h1-6,19-22,25-26H/b2-1-. The van der Waals surface area contributed by atoms with E-state index in [-0.39, 0.29) is 0 Å². The molecule has 0 aromatic heterocycles. The van der Waals surface area contributed by atoms with Crippen LogP contribution in [0.2, 0.25) is 0 Å². The molecule has 12 heteroatoms. The molecule has 30 heavy (non-hydrogen) atoms. The van der Waals surface area contributed by atoms with E-state index in [1.54, 1.807) is 0 Å². The minimum atomic E-state index is -1.38. The average molecular weight is 420 g/mol. The molecule has 12 nitrogen and oxygen atoms in total. The lowest BCUT2D eigenvalue weighted by Gasteiger charge is -2.05. The molecule has 2 aromatic carbocycles. The lowest BCUT2D eigenvalue weighted by atomic mass is 10.2. The van der Waals surface area contributed by atoms with Crippen molar-refractivity contribution in [2.24, 2.45) is 0 Å².